The molecule has 3 aromatic rings. The molecule has 21 heavy (non-hydrogen) atoms. The summed E-state index contributed by atoms with van der Waals surface area (Å²) in [6, 6.07) is 7.44. The molecule has 0 bridgehead atoms. The third-order valence-corrected chi connectivity index (χ3v) is 3.76. The number of aromatic nitrogens is 3. The second-order valence-corrected chi connectivity index (χ2v) is 5.38. The molecule has 7 heteroatoms. The van der Waals surface area contributed by atoms with Crippen molar-refractivity contribution in [1.29, 1.82) is 0 Å². The van der Waals surface area contributed by atoms with E-state index in [4.69, 9.17) is 5.73 Å². The monoisotopic (exact) mass is 299 g/mol. The minimum Gasteiger partial charge on any atom is -0.399 e. The van der Waals surface area contributed by atoms with Crippen LogP contribution in [-0.4, -0.2) is 21.1 Å². The molecular formula is C14H13N5OS. The lowest BCUT2D eigenvalue weighted by atomic mass is 10.1. The van der Waals surface area contributed by atoms with Crippen LogP contribution in [0.25, 0.3) is 11.3 Å². The van der Waals surface area contributed by atoms with Crippen LogP contribution in [0.3, 0.4) is 0 Å². The van der Waals surface area contributed by atoms with E-state index in [1.54, 1.807) is 6.92 Å². The molecule has 1 amide bonds. The number of amides is 1. The summed E-state index contributed by atoms with van der Waals surface area (Å²) in [5.74, 6) is -0.223. The fraction of sp³-hybridized carbons (Fsp3) is 0.0714. The summed E-state index contributed by atoms with van der Waals surface area (Å²) < 4.78 is 0. The van der Waals surface area contributed by atoms with Crippen LogP contribution in [0.2, 0.25) is 0 Å². The summed E-state index contributed by atoms with van der Waals surface area (Å²) >= 11 is 1.38. The van der Waals surface area contributed by atoms with E-state index in [-0.39, 0.29) is 5.91 Å². The second-order valence-electron chi connectivity index (χ2n) is 4.52. The van der Waals surface area contributed by atoms with Crippen LogP contribution in [0.5, 0.6) is 0 Å². The molecule has 4 N–H and O–H groups in total. The van der Waals surface area contributed by atoms with Gasteiger partial charge in [0.2, 0.25) is 0 Å². The molecule has 0 fully saturated rings. The normalized spacial score (nSPS) is 10.5. The van der Waals surface area contributed by atoms with E-state index in [0.717, 1.165) is 17.0 Å². The molecule has 0 aliphatic carbocycles. The van der Waals surface area contributed by atoms with E-state index in [2.05, 4.69) is 20.5 Å². The van der Waals surface area contributed by atoms with Crippen molar-refractivity contribution in [3.05, 3.63) is 47.1 Å². The van der Waals surface area contributed by atoms with E-state index >= 15 is 0 Å². The van der Waals surface area contributed by atoms with Gasteiger partial charge in [0.1, 0.15) is 0 Å². The zero-order valence-electron chi connectivity index (χ0n) is 11.3. The Hall–Kier alpha value is -2.67. The molecular weight excluding hydrogens is 286 g/mol. The molecule has 3 rings (SSSR count). The van der Waals surface area contributed by atoms with Gasteiger partial charge in [-0.15, -0.1) is 11.3 Å². The van der Waals surface area contributed by atoms with E-state index < -0.39 is 0 Å². The van der Waals surface area contributed by atoms with Crippen LogP contribution in [0.15, 0.2) is 35.8 Å². The molecule has 0 atom stereocenters. The number of nitrogens with two attached hydrogens (primary N) is 1. The number of thiazole rings is 1. The minimum atomic E-state index is -0.223. The standard InChI is InChI=1S/C14H13N5OS/c1-8-11(6-16-19-8)13(20)18-14-17-12(7-21-14)9-2-4-10(15)5-3-9/h2-7H,15H2,1H3,(H,16,19)(H,17,18,20). The lowest BCUT2D eigenvalue weighted by Gasteiger charge is -2.00. The molecule has 0 radical (unpaired) electrons. The maximum atomic E-state index is 12.1. The first-order valence-corrected chi connectivity index (χ1v) is 7.14. The molecule has 106 valence electrons. The van der Waals surface area contributed by atoms with Crippen molar-refractivity contribution in [3.63, 3.8) is 0 Å². The molecule has 0 unspecified atom stereocenters. The van der Waals surface area contributed by atoms with Crippen LogP contribution >= 0.6 is 11.3 Å². The summed E-state index contributed by atoms with van der Waals surface area (Å²) in [6.45, 7) is 1.80. The predicted octanol–water partition coefficient (Wildman–Crippen LogP) is 2.68. The molecule has 0 aliphatic rings. The van der Waals surface area contributed by atoms with Crippen molar-refractivity contribution in [2.45, 2.75) is 6.92 Å². The second kappa shape index (κ2) is 5.37. The maximum Gasteiger partial charge on any atom is 0.260 e. The van der Waals surface area contributed by atoms with Gasteiger partial charge >= 0.3 is 0 Å². The van der Waals surface area contributed by atoms with Gasteiger partial charge in [0.15, 0.2) is 5.13 Å². The number of hydrogen-bond donors (Lipinski definition) is 3. The topological polar surface area (TPSA) is 96.7 Å². The lowest BCUT2D eigenvalue weighted by molar-refractivity contribution is 0.102. The average Bonchev–Trinajstić information content (AvgIpc) is 3.09. The zero-order chi connectivity index (χ0) is 14.8. The highest BCUT2D eigenvalue weighted by atomic mass is 32.1. The third kappa shape index (κ3) is 2.77. The first-order chi connectivity index (χ1) is 10.1. The Kier molecular flexibility index (Phi) is 3.41. The number of hydrogen-bond acceptors (Lipinski definition) is 5. The first kappa shape index (κ1) is 13.3. The summed E-state index contributed by atoms with van der Waals surface area (Å²) in [5, 5.41) is 11.8. The Morgan fingerprint density at radius 3 is 2.76 bits per heavy atom. The Balaban J connectivity index is 1.78. The van der Waals surface area contributed by atoms with Gasteiger partial charge < -0.3 is 5.73 Å². The van der Waals surface area contributed by atoms with E-state index in [9.17, 15) is 4.79 Å². The predicted molar refractivity (Wildman–Crippen MR) is 83.2 cm³/mol. The van der Waals surface area contributed by atoms with Gasteiger partial charge in [0, 0.05) is 22.3 Å². The van der Waals surface area contributed by atoms with Crippen LogP contribution in [0.4, 0.5) is 10.8 Å². The van der Waals surface area contributed by atoms with E-state index in [1.165, 1.54) is 17.5 Å². The number of benzene rings is 1. The van der Waals surface area contributed by atoms with Gasteiger partial charge in [-0.1, -0.05) is 12.1 Å². The van der Waals surface area contributed by atoms with Gasteiger partial charge in [-0.3, -0.25) is 15.2 Å². The lowest BCUT2D eigenvalue weighted by Crippen LogP contribution is -2.12. The largest absolute Gasteiger partial charge is 0.399 e. The highest BCUT2D eigenvalue weighted by molar-refractivity contribution is 7.14. The Bertz CT molecular complexity index is 775. The minimum absolute atomic E-state index is 0.223. The van der Waals surface area contributed by atoms with Crippen molar-refractivity contribution >= 4 is 28.1 Å². The third-order valence-electron chi connectivity index (χ3n) is 3.01. The number of aromatic amines is 1. The number of anilines is 2. The van der Waals surface area contributed by atoms with Gasteiger partial charge in [-0.2, -0.15) is 5.10 Å². The molecule has 1 aromatic carbocycles. The van der Waals surface area contributed by atoms with Crippen molar-refractivity contribution in [1.82, 2.24) is 15.2 Å². The highest BCUT2D eigenvalue weighted by Crippen LogP contribution is 2.25. The SMILES string of the molecule is Cc1[nH]ncc1C(=O)Nc1nc(-c2ccc(N)cc2)cs1. The summed E-state index contributed by atoms with van der Waals surface area (Å²) in [6.07, 6.45) is 1.50. The summed E-state index contributed by atoms with van der Waals surface area (Å²) in [7, 11) is 0. The van der Waals surface area contributed by atoms with Gasteiger partial charge in [-0.05, 0) is 19.1 Å². The summed E-state index contributed by atoms with van der Waals surface area (Å²) in [4.78, 5) is 16.5. The number of carbonyl (C=O) groups is 1. The van der Waals surface area contributed by atoms with Crippen molar-refractivity contribution in [2.24, 2.45) is 0 Å². The first-order valence-electron chi connectivity index (χ1n) is 6.26. The van der Waals surface area contributed by atoms with Crippen LogP contribution in [0.1, 0.15) is 16.1 Å². The maximum absolute atomic E-state index is 12.1. The van der Waals surface area contributed by atoms with Gasteiger partial charge in [0.25, 0.3) is 5.91 Å². The molecule has 2 heterocycles. The number of rotatable bonds is 3. The zero-order valence-corrected chi connectivity index (χ0v) is 12.1. The van der Waals surface area contributed by atoms with Crippen molar-refractivity contribution in [2.75, 3.05) is 11.1 Å². The fourth-order valence-corrected chi connectivity index (χ4v) is 2.58. The fourth-order valence-electron chi connectivity index (χ4n) is 1.86. The van der Waals surface area contributed by atoms with Crippen molar-refractivity contribution in [3.8, 4) is 11.3 Å². The number of nitrogens with zero attached hydrogens (tertiary/aromatic N) is 2. The molecule has 0 aliphatic heterocycles. The Morgan fingerprint density at radius 2 is 2.10 bits per heavy atom. The van der Waals surface area contributed by atoms with Crippen LogP contribution < -0.4 is 11.1 Å². The quantitative estimate of drug-likeness (QED) is 0.648. The Labute approximate surface area is 125 Å². The number of nitrogen functional groups attached to an aromatic ring is 1. The molecule has 2 aromatic heterocycles. The molecule has 6 nitrogen and oxygen atoms in total. The molecule has 0 saturated carbocycles. The highest BCUT2D eigenvalue weighted by Gasteiger charge is 2.13. The smallest absolute Gasteiger partial charge is 0.260 e. The number of carbonyl (C=O) groups excluding carboxylic acids is 1. The molecule has 0 spiro atoms. The number of H-pyrrole nitrogens is 1. The van der Waals surface area contributed by atoms with E-state index in [0.29, 0.717) is 16.4 Å². The number of aryl methyl sites for hydroxylation is 1. The van der Waals surface area contributed by atoms with Crippen LogP contribution in [0, 0.1) is 6.92 Å². The number of nitrogens with one attached hydrogen (secondary N) is 2. The van der Waals surface area contributed by atoms with E-state index in [1.807, 2.05) is 29.6 Å². The average molecular weight is 299 g/mol. The van der Waals surface area contributed by atoms with Crippen LogP contribution in [-0.2, 0) is 0 Å². The van der Waals surface area contributed by atoms with Crippen molar-refractivity contribution < 1.29 is 4.79 Å². The molecule has 0 saturated heterocycles. The van der Waals surface area contributed by atoms with Gasteiger partial charge in [0.05, 0.1) is 17.5 Å². The summed E-state index contributed by atoms with van der Waals surface area (Å²) in [5.41, 5.74) is 9.37. The van der Waals surface area contributed by atoms with Gasteiger partial charge in [-0.25, -0.2) is 4.98 Å². The Morgan fingerprint density at radius 1 is 1.33 bits per heavy atom.